The summed E-state index contributed by atoms with van der Waals surface area (Å²) in [5.41, 5.74) is 0.120. The maximum absolute atomic E-state index is 11.1. The molecule has 0 spiro atoms. The summed E-state index contributed by atoms with van der Waals surface area (Å²) in [6, 6.07) is 5.79. The number of para-hydroxylation sites is 1. The molecule has 3 N–H and O–H groups in total. The van der Waals surface area contributed by atoms with Gasteiger partial charge in [-0.3, -0.25) is 0 Å². The van der Waals surface area contributed by atoms with Gasteiger partial charge in [-0.1, -0.05) is 0 Å². The van der Waals surface area contributed by atoms with Crippen LogP contribution in [0.15, 0.2) is 36.9 Å². The van der Waals surface area contributed by atoms with Crippen molar-refractivity contribution in [2.24, 2.45) is 0 Å². The van der Waals surface area contributed by atoms with Gasteiger partial charge in [-0.25, -0.2) is 0 Å². The zero-order chi connectivity index (χ0) is 11.5. The fraction of sp³-hybridized carbons (Fsp3) is 0. The van der Waals surface area contributed by atoms with Gasteiger partial charge >= 0.3 is 89.1 Å². The van der Waals surface area contributed by atoms with Crippen LogP contribution in [0, 0.1) is 0 Å². The standard InChI is InChI=1S/C9H10AsNO4/c1-2-9(12)11-8-6-4-3-5-7(8)10(13,14)15/h2-6H,1H2,(H,11,12)(H2,13,14,15). The van der Waals surface area contributed by atoms with Crippen molar-refractivity contribution in [2.45, 2.75) is 0 Å². The first-order chi connectivity index (χ1) is 6.95. The van der Waals surface area contributed by atoms with Gasteiger partial charge in [0.1, 0.15) is 0 Å². The molecule has 0 aromatic heterocycles. The van der Waals surface area contributed by atoms with Gasteiger partial charge in [-0.2, -0.15) is 0 Å². The van der Waals surface area contributed by atoms with E-state index in [1.165, 1.54) is 18.2 Å². The Hall–Kier alpha value is -1.29. The molecule has 6 heteroatoms. The van der Waals surface area contributed by atoms with Crippen LogP contribution in [0.25, 0.3) is 0 Å². The number of carbonyl (C=O) groups is 1. The first kappa shape index (κ1) is 11.8. The third kappa shape index (κ3) is 3.09. The number of amides is 1. The van der Waals surface area contributed by atoms with Crippen LogP contribution < -0.4 is 9.67 Å². The van der Waals surface area contributed by atoms with Crippen molar-refractivity contribution in [1.29, 1.82) is 0 Å². The Morgan fingerprint density at radius 2 is 2.00 bits per heavy atom. The second-order valence-corrected chi connectivity index (χ2v) is 6.05. The molecule has 5 nitrogen and oxygen atoms in total. The summed E-state index contributed by atoms with van der Waals surface area (Å²) >= 11 is -5.00. The van der Waals surface area contributed by atoms with E-state index in [-0.39, 0.29) is 10.0 Å². The van der Waals surface area contributed by atoms with Gasteiger partial charge in [-0.15, -0.1) is 0 Å². The van der Waals surface area contributed by atoms with Crippen molar-refractivity contribution < 1.29 is 16.7 Å². The van der Waals surface area contributed by atoms with Crippen molar-refractivity contribution >= 4 is 30.1 Å². The summed E-state index contributed by atoms with van der Waals surface area (Å²) < 4.78 is 29.1. The van der Waals surface area contributed by atoms with Gasteiger partial charge in [0, 0.05) is 0 Å². The Bertz CT molecular complexity index is 437. The average Bonchev–Trinajstić information content (AvgIpc) is 2.17. The number of rotatable bonds is 3. The monoisotopic (exact) mass is 271 g/mol. The summed E-state index contributed by atoms with van der Waals surface area (Å²) in [5, 5.41) is 2.33. The average molecular weight is 271 g/mol. The van der Waals surface area contributed by atoms with Crippen molar-refractivity contribution in [3.05, 3.63) is 36.9 Å². The molecule has 0 heterocycles. The van der Waals surface area contributed by atoms with Gasteiger partial charge in [0.25, 0.3) is 0 Å². The number of carbonyl (C=O) groups excluding carboxylic acids is 1. The normalized spacial score (nSPS) is 10.8. The Morgan fingerprint density at radius 1 is 1.40 bits per heavy atom. The van der Waals surface area contributed by atoms with Crippen molar-refractivity contribution in [3.8, 4) is 0 Å². The van der Waals surface area contributed by atoms with E-state index in [2.05, 4.69) is 11.9 Å². The molecule has 0 radical (unpaired) electrons. The maximum atomic E-state index is 11.1. The molecule has 0 fully saturated rings. The van der Waals surface area contributed by atoms with E-state index in [0.717, 1.165) is 6.08 Å². The van der Waals surface area contributed by atoms with Crippen molar-refractivity contribution in [1.82, 2.24) is 0 Å². The summed E-state index contributed by atoms with van der Waals surface area (Å²) in [4.78, 5) is 11.0. The zero-order valence-electron chi connectivity index (χ0n) is 7.75. The molecule has 80 valence electrons. The van der Waals surface area contributed by atoms with E-state index in [9.17, 15) is 8.53 Å². The molecule has 1 amide bonds. The topological polar surface area (TPSA) is 86.6 Å². The van der Waals surface area contributed by atoms with E-state index in [0.29, 0.717) is 0 Å². The van der Waals surface area contributed by atoms with Gasteiger partial charge in [-0.05, 0) is 0 Å². The first-order valence-electron chi connectivity index (χ1n) is 4.03. The van der Waals surface area contributed by atoms with E-state index in [4.69, 9.17) is 8.19 Å². The van der Waals surface area contributed by atoms with Crippen LogP contribution in [-0.4, -0.2) is 28.3 Å². The summed E-state index contributed by atoms with van der Waals surface area (Å²) in [5.74, 6) is -0.508. The Balaban J connectivity index is 3.13. The second kappa shape index (κ2) is 4.49. The molecule has 0 bridgehead atoms. The van der Waals surface area contributed by atoms with Crippen molar-refractivity contribution in [2.75, 3.05) is 5.32 Å². The molecular weight excluding hydrogens is 261 g/mol. The van der Waals surface area contributed by atoms with Crippen LogP contribution in [0.4, 0.5) is 5.69 Å². The van der Waals surface area contributed by atoms with Crippen LogP contribution >= 0.6 is 0 Å². The van der Waals surface area contributed by atoms with Gasteiger partial charge in [0.05, 0.1) is 0 Å². The molecule has 0 unspecified atom stereocenters. The Morgan fingerprint density at radius 3 is 2.53 bits per heavy atom. The predicted molar refractivity (Wildman–Crippen MR) is 55.8 cm³/mol. The van der Waals surface area contributed by atoms with Crippen LogP contribution in [0.1, 0.15) is 0 Å². The summed E-state index contributed by atoms with van der Waals surface area (Å²) in [6.45, 7) is 3.25. The van der Waals surface area contributed by atoms with Gasteiger partial charge < -0.3 is 0 Å². The summed E-state index contributed by atoms with van der Waals surface area (Å²) in [6.07, 6.45) is 1.03. The number of hydrogen-bond acceptors (Lipinski definition) is 2. The Kier molecular flexibility index (Phi) is 3.52. The van der Waals surface area contributed by atoms with Gasteiger partial charge in [0.2, 0.25) is 0 Å². The number of hydrogen-bond donors (Lipinski definition) is 3. The van der Waals surface area contributed by atoms with Crippen LogP contribution in [0.2, 0.25) is 0 Å². The quantitative estimate of drug-likeness (QED) is 0.504. The van der Waals surface area contributed by atoms with E-state index in [1.54, 1.807) is 6.07 Å². The van der Waals surface area contributed by atoms with Crippen molar-refractivity contribution in [3.63, 3.8) is 0 Å². The third-order valence-electron chi connectivity index (χ3n) is 1.66. The van der Waals surface area contributed by atoms with E-state index in [1.807, 2.05) is 0 Å². The van der Waals surface area contributed by atoms with Gasteiger partial charge in [0.15, 0.2) is 0 Å². The second-order valence-electron chi connectivity index (χ2n) is 2.75. The number of benzene rings is 1. The molecule has 1 rings (SSSR count). The molecule has 0 saturated carbocycles. The molecule has 1 aromatic rings. The Labute approximate surface area is 89.4 Å². The van der Waals surface area contributed by atoms with Crippen LogP contribution in [-0.2, 0) is 8.53 Å². The summed E-state index contributed by atoms with van der Waals surface area (Å²) in [7, 11) is 0. The van der Waals surface area contributed by atoms with Crippen LogP contribution in [0.3, 0.4) is 0 Å². The molecular formula is C9H10AsNO4. The molecule has 15 heavy (non-hydrogen) atoms. The zero-order valence-corrected chi connectivity index (χ0v) is 9.63. The number of anilines is 1. The van der Waals surface area contributed by atoms with E-state index < -0.39 is 20.1 Å². The SMILES string of the molecule is C=CC(=O)Nc1ccccc1[As](=O)(O)O. The molecule has 1 aromatic carbocycles. The molecule has 0 saturated heterocycles. The fourth-order valence-electron chi connectivity index (χ4n) is 1.02. The first-order valence-corrected chi connectivity index (χ1v) is 7.42. The number of nitrogens with one attached hydrogen (secondary N) is 1. The predicted octanol–water partition coefficient (Wildman–Crippen LogP) is -0.628. The minimum atomic E-state index is -5.00. The minimum absolute atomic E-state index is 0.120. The molecule has 0 aliphatic heterocycles. The molecule has 0 aliphatic rings. The van der Waals surface area contributed by atoms with Crippen LogP contribution in [0.5, 0.6) is 0 Å². The third-order valence-corrected chi connectivity index (χ3v) is 3.80. The van der Waals surface area contributed by atoms with E-state index >= 15 is 0 Å². The molecule has 0 atom stereocenters. The molecule has 0 aliphatic carbocycles. The fourth-order valence-corrected chi connectivity index (χ4v) is 2.54.